The van der Waals surface area contributed by atoms with Crippen LogP contribution >= 0.6 is 0 Å². The van der Waals surface area contributed by atoms with Gasteiger partial charge in [0, 0.05) is 6.07 Å². The van der Waals surface area contributed by atoms with Crippen molar-refractivity contribution in [2.24, 2.45) is 5.84 Å². The van der Waals surface area contributed by atoms with Crippen LogP contribution in [0.4, 0.5) is 11.5 Å². The van der Waals surface area contributed by atoms with E-state index in [-0.39, 0.29) is 5.91 Å². The molecule has 6 heteroatoms. The number of carbonyl (C=O) groups is 1. The lowest BCUT2D eigenvalue weighted by atomic mass is 10.1. The quantitative estimate of drug-likeness (QED) is 0.551. The fourth-order valence-corrected chi connectivity index (χ4v) is 1.43. The van der Waals surface area contributed by atoms with Crippen molar-refractivity contribution in [3.8, 4) is 0 Å². The van der Waals surface area contributed by atoms with Crippen LogP contribution in [0.5, 0.6) is 0 Å². The summed E-state index contributed by atoms with van der Waals surface area (Å²) in [5, 5.41) is 6.20. The number of amides is 1. The molecule has 4 N–H and O–H groups in total. The summed E-state index contributed by atoms with van der Waals surface area (Å²) in [6.07, 6.45) is 1.38. The lowest BCUT2D eigenvalue weighted by Crippen LogP contribution is -2.17. The minimum absolute atomic E-state index is 0.296. The molecule has 0 fully saturated rings. The lowest BCUT2D eigenvalue weighted by molar-refractivity contribution is 0.102. The number of anilines is 2. The largest absolute Gasteiger partial charge is 0.363 e. The molecule has 2 aromatic rings. The molecule has 0 bridgehead atoms. The van der Waals surface area contributed by atoms with Crippen molar-refractivity contribution in [2.45, 2.75) is 6.92 Å². The van der Waals surface area contributed by atoms with Gasteiger partial charge in [-0.3, -0.25) is 10.6 Å². The maximum Gasteiger partial charge on any atom is 0.259 e. The van der Waals surface area contributed by atoms with Gasteiger partial charge in [-0.25, -0.2) is 0 Å². The van der Waals surface area contributed by atoms with Gasteiger partial charge in [-0.05, 0) is 19.1 Å². The van der Waals surface area contributed by atoms with E-state index >= 15 is 0 Å². The van der Waals surface area contributed by atoms with Gasteiger partial charge in [-0.2, -0.15) is 0 Å². The molecule has 0 aliphatic rings. The van der Waals surface area contributed by atoms with Crippen LogP contribution in [0.3, 0.4) is 0 Å². The number of nitrogen functional groups attached to an aromatic ring is 1. The number of aromatic nitrogens is 1. The Balaban J connectivity index is 2.26. The zero-order valence-electron chi connectivity index (χ0n) is 9.23. The summed E-state index contributed by atoms with van der Waals surface area (Å²) >= 11 is 0. The number of nitrogens with two attached hydrogens (primary N) is 1. The van der Waals surface area contributed by atoms with Crippen molar-refractivity contribution in [3.63, 3.8) is 0 Å². The highest BCUT2D eigenvalue weighted by molar-refractivity contribution is 6.07. The first kappa shape index (κ1) is 11.2. The fourth-order valence-electron chi connectivity index (χ4n) is 1.43. The van der Waals surface area contributed by atoms with Crippen LogP contribution in [-0.4, -0.2) is 11.1 Å². The monoisotopic (exact) mass is 232 g/mol. The third-order valence-corrected chi connectivity index (χ3v) is 2.25. The summed E-state index contributed by atoms with van der Waals surface area (Å²) in [5.74, 6) is 5.41. The first-order valence-corrected chi connectivity index (χ1v) is 4.99. The predicted octanol–water partition coefficient (Wildman–Crippen LogP) is 1.52. The Bertz CT molecular complexity index is 522. The Hall–Kier alpha value is -2.34. The standard InChI is InChI=1S/C11H12N4O2/c1-7-2-3-9(14-12)8(6-7)11(16)13-10-4-5-17-15-10/h2-6,14H,12H2,1H3,(H,13,15,16). The van der Waals surface area contributed by atoms with Crippen LogP contribution in [0.2, 0.25) is 0 Å². The molecule has 0 aliphatic carbocycles. The molecule has 17 heavy (non-hydrogen) atoms. The highest BCUT2D eigenvalue weighted by atomic mass is 16.5. The predicted molar refractivity (Wildman–Crippen MR) is 63.4 cm³/mol. The highest BCUT2D eigenvalue weighted by Crippen LogP contribution is 2.17. The van der Waals surface area contributed by atoms with Gasteiger partial charge in [0.05, 0.1) is 11.3 Å². The Labute approximate surface area is 97.8 Å². The van der Waals surface area contributed by atoms with Gasteiger partial charge in [-0.1, -0.05) is 16.8 Å². The van der Waals surface area contributed by atoms with Gasteiger partial charge >= 0.3 is 0 Å². The number of benzene rings is 1. The van der Waals surface area contributed by atoms with Gasteiger partial charge in [0.15, 0.2) is 5.82 Å². The van der Waals surface area contributed by atoms with Crippen LogP contribution < -0.4 is 16.6 Å². The maximum absolute atomic E-state index is 12.0. The summed E-state index contributed by atoms with van der Waals surface area (Å²) in [6.45, 7) is 1.90. The van der Waals surface area contributed by atoms with E-state index in [1.807, 2.05) is 13.0 Å². The van der Waals surface area contributed by atoms with E-state index < -0.39 is 0 Å². The zero-order valence-corrected chi connectivity index (χ0v) is 9.23. The summed E-state index contributed by atoms with van der Waals surface area (Å²) < 4.78 is 4.63. The van der Waals surface area contributed by atoms with E-state index in [9.17, 15) is 4.79 Å². The first-order chi connectivity index (χ1) is 8.20. The van der Waals surface area contributed by atoms with Gasteiger partial charge in [0.1, 0.15) is 6.26 Å². The van der Waals surface area contributed by atoms with Gasteiger partial charge in [0.25, 0.3) is 5.91 Å². The molecule has 1 aromatic heterocycles. The van der Waals surface area contributed by atoms with Crippen molar-refractivity contribution >= 4 is 17.4 Å². The Morgan fingerprint density at radius 3 is 2.88 bits per heavy atom. The summed E-state index contributed by atoms with van der Waals surface area (Å²) in [7, 11) is 0. The molecule has 2 rings (SSSR count). The second kappa shape index (κ2) is 4.67. The Kier molecular flexibility index (Phi) is 3.06. The molecule has 0 atom stereocenters. The lowest BCUT2D eigenvalue weighted by Gasteiger charge is -2.08. The van der Waals surface area contributed by atoms with Crippen LogP contribution in [0, 0.1) is 6.92 Å². The number of hydrogen-bond donors (Lipinski definition) is 3. The second-order valence-corrected chi connectivity index (χ2v) is 3.53. The van der Waals surface area contributed by atoms with Crippen LogP contribution in [0.25, 0.3) is 0 Å². The summed E-state index contributed by atoms with van der Waals surface area (Å²) in [5.41, 5.74) is 4.45. The van der Waals surface area contributed by atoms with Crippen molar-refractivity contribution in [3.05, 3.63) is 41.7 Å². The molecule has 0 spiro atoms. The number of aryl methyl sites for hydroxylation is 1. The van der Waals surface area contributed by atoms with Gasteiger partial charge in [0.2, 0.25) is 0 Å². The maximum atomic E-state index is 12.0. The van der Waals surface area contributed by atoms with Crippen LogP contribution in [-0.2, 0) is 0 Å². The van der Waals surface area contributed by atoms with E-state index in [4.69, 9.17) is 5.84 Å². The zero-order chi connectivity index (χ0) is 12.3. The van der Waals surface area contributed by atoms with E-state index in [0.29, 0.717) is 17.1 Å². The topological polar surface area (TPSA) is 93.2 Å². The van der Waals surface area contributed by atoms with Crippen molar-refractivity contribution < 1.29 is 9.32 Å². The molecule has 0 unspecified atom stereocenters. The third kappa shape index (κ3) is 2.43. The first-order valence-electron chi connectivity index (χ1n) is 4.99. The van der Waals surface area contributed by atoms with Gasteiger partial charge in [-0.15, -0.1) is 0 Å². The van der Waals surface area contributed by atoms with E-state index in [2.05, 4.69) is 20.4 Å². The van der Waals surface area contributed by atoms with Crippen LogP contribution in [0.1, 0.15) is 15.9 Å². The fraction of sp³-hybridized carbons (Fsp3) is 0.0909. The number of nitrogens with zero attached hydrogens (tertiary/aromatic N) is 1. The van der Waals surface area contributed by atoms with E-state index in [1.54, 1.807) is 18.2 Å². The molecule has 88 valence electrons. The molecule has 6 nitrogen and oxygen atoms in total. The Morgan fingerprint density at radius 1 is 1.41 bits per heavy atom. The van der Waals surface area contributed by atoms with Crippen molar-refractivity contribution in [1.82, 2.24) is 5.16 Å². The van der Waals surface area contributed by atoms with E-state index in [0.717, 1.165) is 5.56 Å². The molecule has 1 aromatic carbocycles. The molecular weight excluding hydrogens is 220 g/mol. The Morgan fingerprint density at radius 2 is 2.24 bits per heavy atom. The molecule has 0 radical (unpaired) electrons. The minimum Gasteiger partial charge on any atom is -0.363 e. The normalized spacial score (nSPS) is 10.0. The third-order valence-electron chi connectivity index (χ3n) is 2.25. The van der Waals surface area contributed by atoms with E-state index in [1.165, 1.54) is 6.26 Å². The SMILES string of the molecule is Cc1ccc(NN)c(C(=O)Nc2ccon2)c1. The highest BCUT2D eigenvalue weighted by Gasteiger charge is 2.12. The number of carbonyl (C=O) groups excluding carboxylic acids is 1. The summed E-state index contributed by atoms with van der Waals surface area (Å²) in [4.78, 5) is 12.0. The summed E-state index contributed by atoms with van der Waals surface area (Å²) in [6, 6.07) is 6.91. The second-order valence-electron chi connectivity index (χ2n) is 3.53. The average Bonchev–Trinajstić information content (AvgIpc) is 2.81. The smallest absolute Gasteiger partial charge is 0.259 e. The number of hydrazine groups is 1. The molecule has 1 heterocycles. The van der Waals surface area contributed by atoms with Crippen molar-refractivity contribution in [2.75, 3.05) is 10.7 Å². The molecule has 0 saturated heterocycles. The number of nitrogens with one attached hydrogen (secondary N) is 2. The number of rotatable bonds is 3. The van der Waals surface area contributed by atoms with Crippen LogP contribution in [0.15, 0.2) is 35.1 Å². The molecule has 0 aliphatic heterocycles. The molecule has 0 saturated carbocycles. The number of hydrogen-bond acceptors (Lipinski definition) is 5. The van der Waals surface area contributed by atoms with Gasteiger partial charge < -0.3 is 15.3 Å². The molecular formula is C11H12N4O2. The average molecular weight is 232 g/mol. The van der Waals surface area contributed by atoms with Crippen molar-refractivity contribution in [1.29, 1.82) is 0 Å². The molecule has 1 amide bonds. The minimum atomic E-state index is -0.296.